The molecule has 18 heavy (non-hydrogen) atoms. The average Bonchev–Trinajstić information content (AvgIpc) is 2.70. The van der Waals surface area contributed by atoms with Crippen molar-refractivity contribution < 1.29 is 0 Å². The number of nitrogens with zero attached hydrogens (tertiary/aromatic N) is 2. The molecule has 1 aliphatic heterocycles. The zero-order valence-electron chi connectivity index (χ0n) is 11.4. The minimum atomic E-state index is 0.512. The van der Waals surface area contributed by atoms with Gasteiger partial charge >= 0.3 is 0 Å². The van der Waals surface area contributed by atoms with Gasteiger partial charge in [0.05, 0.1) is 12.2 Å². The number of anilines is 1. The van der Waals surface area contributed by atoms with Crippen molar-refractivity contribution in [3.63, 3.8) is 0 Å². The van der Waals surface area contributed by atoms with E-state index in [0.717, 1.165) is 38.4 Å². The van der Waals surface area contributed by atoms with E-state index in [9.17, 15) is 0 Å². The van der Waals surface area contributed by atoms with E-state index in [-0.39, 0.29) is 0 Å². The van der Waals surface area contributed by atoms with E-state index < -0.39 is 0 Å². The van der Waals surface area contributed by atoms with Crippen molar-refractivity contribution in [2.45, 2.75) is 26.3 Å². The number of nitrogens with one attached hydrogen (secondary N) is 2. The topological polar surface area (TPSA) is 67.9 Å². The largest absolute Gasteiger partial charge is 0.370 e. The van der Waals surface area contributed by atoms with Gasteiger partial charge in [-0.2, -0.15) is 5.10 Å². The summed E-state index contributed by atoms with van der Waals surface area (Å²) in [5.74, 6) is 2.37. The molecule has 1 unspecified atom stereocenters. The first kappa shape index (κ1) is 13.4. The van der Waals surface area contributed by atoms with Crippen molar-refractivity contribution in [3.8, 4) is 0 Å². The van der Waals surface area contributed by atoms with Crippen molar-refractivity contribution in [1.82, 2.24) is 15.1 Å². The normalized spacial score (nSPS) is 17.8. The van der Waals surface area contributed by atoms with Gasteiger partial charge in [0.25, 0.3) is 0 Å². The van der Waals surface area contributed by atoms with Gasteiger partial charge in [-0.3, -0.25) is 0 Å². The van der Waals surface area contributed by atoms with Crippen LogP contribution in [0.25, 0.3) is 0 Å². The molecular weight excluding hydrogens is 226 g/mol. The van der Waals surface area contributed by atoms with Crippen molar-refractivity contribution in [3.05, 3.63) is 12.3 Å². The van der Waals surface area contributed by atoms with E-state index in [4.69, 9.17) is 5.73 Å². The fraction of sp³-hybridized carbons (Fsp3) is 0.769. The average molecular weight is 251 g/mol. The molecule has 0 aromatic carbocycles. The highest BCUT2D eigenvalue weighted by molar-refractivity contribution is 5.34. The molecule has 2 rings (SSSR count). The third-order valence-electron chi connectivity index (χ3n) is 3.84. The second-order valence-electron chi connectivity index (χ2n) is 5.43. The van der Waals surface area contributed by atoms with Gasteiger partial charge in [-0.15, -0.1) is 0 Å². The van der Waals surface area contributed by atoms with Crippen LogP contribution in [-0.2, 0) is 0 Å². The van der Waals surface area contributed by atoms with Crippen LogP contribution in [0.15, 0.2) is 12.3 Å². The number of rotatable bonds is 7. The number of nitrogens with two attached hydrogens (primary N) is 1. The maximum Gasteiger partial charge on any atom is 0.124 e. The first-order valence-electron chi connectivity index (χ1n) is 6.90. The molecule has 5 heteroatoms. The van der Waals surface area contributed by atoms with Crippen LogP contribution >= 0.6 is 0 Å². The molecule has 102 valence electrons. The Balaban J connectivity index is 1.81. The number of hydrogen-bond donors (Lipinski definition) is 3. The SMILES string of the molecule is CC(C)C(CN)CCNc1ccnn1C1CNC1. The molecule has 1 aromatic rings. The van der Waals surface area contributed by atoms with Crippen LogP contribution in [0, 0.1) is 11.8 Å². The minimum Gasteiger partial charge on any atom is -0.370 e. The molecule has 1 atom stereocenters. The highest BCUT2D eigenvalue weighted by atomic mass is 15.4. The lowest BCUT2D eigenvalue weighted by atomic mass is 9.93. The first-order chi connectivity index (χ1) is 8.72. The van der Waals surface area contributed by atoms with Crippen LogP contribution in [0.3, 0.4) is 0 Å². The molecule has 0 aliphatic carbocycles. The summed E-state index contributed by atoms with van der Waals surface area (Å²) in [5.41, 5.74) is 5.79. The Hall–Kier alpha value is -1.07. The smallest absolute Gasteiger partial charge is 0.124 e. The van der Waals surface area contributed by atoms with Crippen LogP contribution in [0.5, 0.6) is 0 Å². The summed E-state index contributed by atoms with van der Waals surface area (Å²) < 4.78 is 2.09. The van der Waals surface area contributed by atoms with E-state index in [1.165, 1.54) is 0 Å². The lowest BCUT2D eigenvalue weighted by Gasteiger charge is -2.29. The summed E-state index contributed by atoms with van der Waals surface area (Å²) in [4.78, 5) is 0. The quantitative estimate of drug-likeness (QED) is 0.678. The molecule has 1 fully saturated rings. The molecule has 0 radical (unpaired) electrons. The molecule has 5 nitrogen and oxygen atoms in total. The van der Waals surface area contributed by atoms with Crippen molar-refractivity contribution in [2.24, 2.45) is 17.6 Å². The predicted molar refractivity (Wildman–Crippen MR) is 74.6 cm³/mol. The summed E-state index contributed by atoms with van der Waals surface area (Å²) in [6.45, 7) is 8.25. The van der Waals surface area contributed by atoms with Gasteiger partial charge in [0.1, 0.15) is 5.82 Å². The summed E-state index contributed by atoms with van der Waals surface area (Å²) in [7, 11) is 0. The maximum atomic E-state index is 5.79. The van der Waals surface area contributed by atoms with Crippen molar-refractivity contribution in [2.75, 3.05) is 31.5 Å². The Morgan fingerprint density at radius 2 is 2.33 bits per heavy atom. The lowest BCUT2D eigenvalue weighted by molar-refractivity contribution is 0.320. The fourth-order valence-electron chi connectivity index (χ4n) is 2.30. The second kappa shape index (κ2) is 6.20. The van der Waals surface area contributed by atoms with Gasteiger partial charge in [0.2, 0.25) is 0 Å². The Kier molecular flexibility index (Phi) is 4.60. The fourth-order valence-corrected chi connectivity index (χ4v) is 2.30. The van der Waals surface area contributed by atoms with Crippen LogP contribution < -0.4 is 16.4 Å². The van der Waals surface area contributed by atoms with Crippen LogP contribution in [0.1, 0.15) is 26.3 Å². The van der Waals surface area contributed by atoms with Gasteiger partial charge < -0.3 is 16.4 Å². The monoisotopic (exact) mass is 251 g/mol. The number of hydrogen-bond acceptors (Lipinski definition) is 4. The Bertz CT molecular complexity index is 356. The molecule has 0 spiro atoms. The summed E-state index contributed by atoms with van der Waals surface area (Å²) in [6, 6.07) is 2.56. The van der Waals surface area contributed by atoms with Crippen molar-refractivity contribution in [1.29, 1.82) is 0 Å². The van der Waals surface area contributed by atoms with Crippen LogP contribution in [0.2, 0.25) is 0 Å². The lowest BCUT2D eigenvalue weighted by Crippen LogP contribution is -2.44. The summed E-state index contributed by atoms with van der Waals surface area (Å²) >= 11 is 0. The van der Waals surface area contributed by atoms with E-state index in [0.29, 0.717) is 17.9 Å². The molecule has 1 saturated heterocycles. The van der Waals surface area contributed by atoms with Gasteiger partial charge in [-0.25, -0.2) is 4.68 Å². The zero-order valence-corrected chi connectivity index (χ0v) is 11.4. The third kappa shape index (κ3) is 3.03. The predicted octanol–water partition coefficient (Wildman–Crippen LogP) is 1.06. The van der Waals surface area contributed by atoms with Crippen molar-refractivity contribution >= 4 is 5.82 Å². The summed E-state index contributed by atoms with van der Waals surface area (Å²) in [6.07, 6.45) is 2.98. The zero-order chi connectivity index (χ0) is 13.0. The third-order valence-corrected chi connectivity index (χ3v) is 3.84. The van der Waals surface area contributed by atoms with Gasteiger partial charge in [-0.1, -0.05) is 13.8 Å². The number of aromatic nitrogens is 2. The molecule has 4 N–H and O–H groups in total. The van der Waals surface area contributed by atoms with Crippen LogP contribution in [-0.4, -0.2) is 36.0 Å². The Morgan fingerprint density at radius 3 is 2.89 bits per heavy atom. The molecule has 0 saturated carbocycles. The van der Waals surface area contributed by atoms with E-state index in [2.05, 4.69) is 34.3 Å². The highest BCUT2D eigenvalue weighted by Gasteiger charge is 2.21. The Morgan fingerprint density at radius 1 is 1.56 bits per heavy atom. The Labute approximate surface area is 109 Å². The maximum absolute atomic E-state index is 5.79. The molecular formula is C13H25N5. The second-order valence-corrected chi connectivity index (χ2v) is 5.43. The van der Waals surface area contributed by atoms with Gasteiger partial charge in [0, 0.05) is 25.7 Å². The molecule has 0 amide bonds. The first-order valence-corrected chi connectivity index (χ1v) is 6.90. The van der Waals surface area contributed by atoms with E-state index in [1.54, 1.807) is 0 Å². The standard InChI is InChI=1S/C13H25N5/c1-10(2)11(7-14)3-5-16-13-4-6-17-18(13)12-8-15-9-12/h4,6,10-12,15-16H,3,5,7-9,14H2,1-2H3. The van der Waals surface area contributed by atoms with Gasteiger partial charge in [0.15, 0.2) is 0 Å². The highest BCUT2D eigenvalue weighted by Crippen LogP contribution is 2.18. The molecule has 2 heterocycles. The minimum absolute atomic E-state index is 0.512. The molecule has 1 aliphatic rings. The summed E-state index contributed by atoms with van der Waals surface area (Å²) in [5, 5.41) is 11.1. The van der Waals surface area contributed by atoms with Gasteiger partial charge in [-0.05, 0) is 24.8 Å². The van der Waals surface area contributed by atoms with E-state index >= 15 is 0 Å². The molecule has 0 bridgehead atoms. The van der Waals surface area contributed by atoms with E-state index in [1.807, 2.05) is 12.3 Å². The molecule has 1 aromatic heterocycles. The van der Waals surface area contributed by atoms with Crippen LogP contribution in [0.4, 0.5) is 5.82 Å².